The molecule has 1 aliphatic heterocycles. The quantitative estimate of drug-likeness (QED) is 0.201. The zero-order chi connectivity index (χ0) is 31.3. The lowest BCUT2D eigenvalue weighted by molar-refractivity contribution is -0.322. The first kappa shape index (κ1) is 31.9. The Morgan fingerprint density at radius 1 is 0.953 bits per heavy atom. The van der Waals surface area contributed by atoms with Crippen molar-refractivity contribution in [3.05, 3.63) is 41.0 Å². The third kappa shape index (κ3) is 4.77. The summed E-state index contributed by atoms with van der Waals surface area (Å²) in [5, 5.41) is 12.4. The highest BCUT2D eigenvalue weighted by atomic mass is 32.2. The zero-order valence-electron chi connectivity index (χ0n) is 26.5. The minimum absolute atomic E-state index is 0.0343. The van der Waals surface area contributed by atoms with Crippen molar-refractivity contribution in [2.75, 3.05) is 19.0 Å². The molecule has 4 aliphatic carbocycles. The molecular weight excluding hydrogens is 576 g/mol. The van der Waals surface area contributed by atoms with Gasteiger partial charge in [0.2, 0.25) is 0 Å². The number of ether oxygens (including phenoxy) is 2. The predicted octanol–water partition coefficient (Wildman–Crippen LogP) is 9.39. The molecule has 1 N–H and O–H groups in total. The van der Waals surface area contributed by atoms with Crippen LogP contribution in [0.4, 0.5) is 17.6 Å². The summed E-state index contributed by atoms with van der Waals surface area (Å²) in [5.74, 6) is -8.55. The SMILES string of the molecule is CCSc1ccc(C2CC3(C)C(CC[C@@]3(C)C(F)(F)C(C)(F)F)C3CC[C@@]4(O)CC5(CCC4=C23)OCC(C)(C)CO5)cc1. The van der Waals surface area contributed by atoms with Gasteiger partial charge in [-0.1, -0.05) is 52.3 Å². The van der Waals surface area contributed by atoms with Crippen molar-refractivity contribution >= 4 is 11.8 Å². The number of fused-ring (bicyclic) bond motifs is 4. The van der Waals surface area contributed by atoms with E-state index in [1.54, 1.807) is 11.8 Å². The van der Waals surface area contributed by atoms with Crippen LogP contribution in [0.5, 0.6) is 0 Å². The van der Waals surface area contributed by atoms with Gasteiger partial charge in [-0.25, -0.2) is 8.78 Å². The molecule has 1 heterocycles. The van der Waals surface area contributed by atoms with Crippen LogP contribution in [0.1, 0.15) is 104 Å². The summed E-state index contributed by atoms with van der Waals surface area (Å²) in [5.41, 5.74) is -0.824. The first-order valence-corrected chi connectivity index (χ1v) is 17.1. The van der Waals surface area contributed by atoms with E-state index < -0.39 is 34.1 Å². The molecule has 4 fully saturated rings. The number of benzene rings is 1. The summed E-state index contributed by atoms with van der Waals surface area (Å²) in [6.45, 7) is 11.1. The summed E-state index contributed by atoms with van der Waals surface area (Å²) in [6, 6.07) is 8.33. The Bertz CT molecular complexity index is 1260. The Balaban J connectivity index is 1.45. The number of alkyl halides is 4. The molecule has 4 unspecified atom stereocenters. The van der Waals surface area contributed by atoms with Gasteiger partial charge in [-0.15, -0.1) is 11.8 Å². The van der Waals surface area contributed by atoms with Gasteiger partial charge < -0.3 is 14.6 Å². The largest absolute Gasteiger partial charge is 0.385 e. The van der Waals surface area contributed by atoms with Crippen molar-refractivity contribution in [2.45, 2.75) is 127 Å². The van der Waals surface area contributed by atoms with Crippen molar-refractivity contribution < 1.29 is 32.1 Å². The molecule has 1 aromatic rings. The maximum absolute atomic E-state index is 15.9. The minimum Gasteiger partial charge on any atom is -0.385 e. The van der Waals surface area contributed by atoms with E-state index in [-0.39, 0.29) is 29.6 Å². The molecule has 0 amide bonds. The van der Waals surface area contributed by atoms with Gasteiger partial charge in [0, 0.05) is 41.4 Å². The first-order chi connectivity index (χ1) is 19.9. The number of hydrogen-bond donors (Lipinski definition) is 1. The molecule has 240 valence electrons. The second kappa shape index (κ2) is 10.2. The molecule has 3 saturated carbocycles. The molecule has 6 rings (SSSR count). The number of halogens is 4. The van der Waals surface area contributed by atoms with E-state index in [2.05, 4.69) is 45.0 Å². The Morgan fingerprint density at radius 3 is 2.21 bits per heavy atom. The maximum atomic E-state index is 15.9. The Labute approximate surface area is 258 Å². The fourth-order valence-electron chi connectivity index (χ4n) is 9.76. The molecule has 0 radical (unpaired) electrons. The van der Waals surface area contributed by atoms with E-state index in [9.17, 15) is 13.9 Å². The van der Waals surface area contributed by atoms with E-state index in [1.165, 1.54) is 12.5 Å². The Kier molecular flexibility index (Phi) is 7.56. The predicted molar refractivity (Wildman–Crippen MR) is 162 cm³/mol. The molecule has 43 heavy (non-hydrogen) atoms. The molecule has 1 spiro atoms. The molecule has 0 bridgehead atoms. The number of aliphatic hydroxyl groups is 1. The van der Waals surface area contributed by atoms with Crippen molar-refractivity contribution in [1.29, 1.82) is 0 Å². The third-order valence-corrected chi connectivity index (χ3v) is 13.2. The van der Waals surface area contributed by atoms with Crippen LogP contribution in [-0.2, 0) is 9.47 Å². The Hall–Kier alpha value is -1.09. The second-order valence-electron chi connectivity index (χ2n) is 15.6. The average Bonchev–Trinajstić information content (AvgIpc) is 3.21. The summed E-state index contributed by atoms with van der Waals surface area (Å²) < 4.78 is 73.8. The highest BCUT2D eigenvalue weighted by molar-refractivity contribution is 7.99. The fourth-order valence-corrected chi connectivity index (χ4v) is 10.4. The molecule has 5 aliphatic rings. The maximum Gasteiger partial charge on any atom is 0.315 e. The smallest absolute Gasteiger partial charge is 0.315 e. The Morgan fingerprint density at radius 2 is 1.60 bits per heavy atom. The monoisotopic (exact) mass is 624 g/mol. The molecule has 1 saturated heterocycles. The van der Waals surface area contributed by atoms with Gasteiger partial charge in [0.1, 0.15) is 0 Å². The van der Waals surface area contributed by atoms with Crippen LogP contribution in [0, 0.1) is 28.1 Å². The van der Waals surface area contributed by atoms with Gasteiger partial charge in [-0.05, 0) is 84.8 Å². The van der Waals surface area contributed by atoms with Crippen molar-refractivity contribution in [1.82, 2.24) is 0 Å². The summed E-state index contributed by atoms with van der Waals surface area (Å²) in [6.07, 6.45) is 3.66. The lowest BCUT2D eigenvalue weighted by Gasteiger charge is -2.60. The number of hydrogen-bond acceptors (Lipinski definition) is 4. The van der Waals surface area contributed by atoms with Crippen molar-refractivity contribution in [3.8, 4) is 0 Å². The number of thioether (sulfide) groups is 1. The van der Waals surface area contributed by atoms with Crippen LogP contribution in [0.25, 0.3) is 0 Å². The fraction of sp³-hybridized carbons (Fsp3) is 0.771. The first-order valence-electron chi connectivity index (χ1n) is 16.1. The van der Waals surface area contributed by atoms with E-state index in [0.717, 1.165) is 21.8 Å². The average molecular weight is 625 g/mol. The van der Waals surface area contributed by atoms with Crippen molar-refractivity contribution in [3.63, 3.8) is 0 Å². The van der Waals surface area contributed by atoms with Gasteiger partial charge in [-0.3, -0.25) is 0 Å². The van der Waals surface area contributed by atoms with Gasteiger partial charge >= 0.3 is 11.8 Å². The molecule has 8 heteroatoms. The van der Waals surface area contributed by atoms with Crippen LogP contribution < -0.4 is 0 Å². The van der Waals surface area contributed by atoms with E-state index in [4.69, 9.17) is 9.47 Å². The van der Waals surface area contributed by atoms with Crippen molar-refractivity contribution in [2.24, 2.45) is 28.1 Å². The van der Waals surface area contributed by atoms with Gasteiger partial charge in [0.05, 0.1) is 18.8 Å². The van der Waals surface area contributed by atoms with Crippen LogP contribution >= 0.6 is 11.8 Å². The van der Waals surface area contributed by atoms with Crippen LogP contribution in [0.2, 0.25) is 0 Å². The third-order valence-electron chi connectivity index (χ3n) is 12.3. The molecular formula is C35H48F4O3S. The zero-order valence-corrected chi connectivity index (χ0v) is 27.3. The van der Waals surface area contributed by atoms with Crippen LogP contribution in [-0.4, -0.2) is 47.3 Å². The normalized spacial score (nSPS) is 38.9. The second-order valence-corrected chi connectivity index (χ2v) is 16.9. The highest BCUT2D eigenvalue weighted by Crippen LogP contribution is 2.74. The molecule has 3 nitrogen and oxygen atoms in total. The van der Waals surface area contributed by atoms with Gasteiger partial charge in [-0.2, -0.15) is 8.78 Å². The minimum atomic E-state index is -4.14. The molecule has 6 atom stereocenters. The summed E-state index contributed by atoms with van der Waals surface area (Å²) in [7, 11) is 0. The van der Waals surface area contributed by atoms with Crippen LogP contribution in [0.3, 0.4) is 0 Å². The highest BCUT2D eigenvalue weighted by Gasteiger charge is 2.75. The number of allylic oxidation sites excluding steroid dienone is 1. The van der Waals surface area contributed by atoms with E-state index in [1.807, 2.05) is 6.92 Å². The topological polar surface area (TPSA) is 38.7 Å². The summed E-state index contributed by atoms with van der Waals surface area (Å²) in [4.78, 5) is 1.14. The molecule has 1 aromatic carbocycles. The number of rotatable bonds is 5. The van der Waals surface area contributed by atoms with E-state index >= 15 is 8.78 Å². The van der Waals surface area contributed by atoms with E-state index in [0.29, 0.717) is 65.1 Å². The van der Waals surface area contributed by atoms with Crippen LogP contribution in [0.15, 0.2) is 40.3 Å². The lowest BCUT2D eigenvalue weighted by Crippen LogP contribution is -2.60. The molecule has 0 aromatic heterocycles. The standard InChI is InChI=1S/C35H48F4O3S/c1-7-43-23-10-8-22(9-11-23)25-18-30(4)26(13-15-31(30,5)35(38,39)32(6,36)37)24-12-16-33(40)19-34(17-14-27(33)28(24)25)41-20-29(2,3)21-42-34/h8-11,24-26,40H,7,12-21H2,1-6H3/t24?,25?,26?,30?,31-,33-/m1/s1. The van der Waals surface area contributed by atoms with Gasteiger partial charge in [0.15, 0.2) is 5.79 Å². The van der Waals surface area contributed by atoms with Gasteiger partial charge in [0.25, 0.3) is 0 Å². The lowest BCUT2D eigenvalue weighted by atomic mass is 9.47. The summed E-state index contributed by atoms with van der Waals surface area (Å²) >= 11 is 1.74.